The molecule has 98 valence electrons. The van der Waals surface area contributed by atoms with Crippen LogP contribution in [0, 0.1) is 0 Å². The SMILES string of the molecule is Oc1ccc(CCN=Cc2cc(O)ccc2O)cc1. The van der Waals surface area contributed by atoms with Gasteiger partial charge in [-0.05, 0) is 42.3 Å². The Labute approximate surface area is 111 Å². The van der Waals surface area contributed by atoms with Gasteiger partial charge in [-0.1, -0.05) is 12.1 Å². The minimum atomic E-state index is 0.0891. The van der Waals surface area contributed by atoms with Gasteiger partial charge in [0, 0.05) is 18.3 Å². The van der Waals surface area contributed by atoms with Gasteiger partial charge < -0.3 is 15.3 Å². The summed E-state index contributed by atoms with van der Waals surface area (Å²) < 4.78 is 0. The first-order valence-corrected chi connectivity index (χ1v) is 5.95. The lowest BCUT2D eigenvalue weighted by Gasteiger charge is -2.00. The number of phenols is 3. The number of aliphatic imine (C=N–C) groups is 1. The molecular weight excluding hydrogens is 242 g/mol. The fourth-order valence-electron chi connectivity index (χ4n) is 1.66. The summed E-state index contributed by atoms with van der Waals surface area (Å²) in [6, 6.07) is 11.3. The van der Waals surface area contributed by atoms with Crippen molar-refractivity contribution in [3.05, 3.63) is 53.6 Å². The van der Waals surface area contributed by atoms with Crippen LogP contribution in [0.25, 0.3) is 0 Å². The van der Waals surface area contributed by atoms with Crippen LogP contribution < -0.4 is 0 Å². The van der Waals surface area contributed by atoms with Crippen molar-refractivity contribution in [2.45, 2.75) is 6.42 Å². The van der Waals surface area contributed by atoms with Gasteiger partial charge in [0.25, 0.3) is 0 Å². The molecule has 2 aromatic rings. The Kier molecular flexibility index (Phi) is 4.03. The summed E-state index contributed by atoms with van der Waals surface area (Å²) in [5.41, 5.74) is 1.57. The van der Waals surface area contributed by atoms with E-state index in [1.807, 2.05) is 12.1 Å². The second-order valence-corrected chi connectivity index (χ2v) is 4.19. The second-order valence-electron chi connectivity index (χ2n) is 4.19. The zero-order valence-electron chi connectivity index (χ0n) is 10.3. The average molecular weight is 257 g/mol. The highest BCUT2D eigenvalue weighted by Gasteiger charge is 1.99. The Morgan fingerprint density at radius 1 is 0.895 bits per heavy atom. The first-order valence-electron chi connectivity index (χ1n) is 5.95. The van der Waals surface area contributed by atoms with E-state index in [-0.39, 0.29) is 17.2 Å². The van der Waals surface area contributed by atoms with E-state index in [2.05, 4.69) is 4.99 Å². The van der Waals surface area contributed by atoms with Gasteiger partial charge in [-0.3, -0.25) is 4.99 Å². The number of phenolic OH excluding ortho intramolecular Hbond substituents is 3. The minimum absolute atomic E-state index is 0.0891. The summed E-state index contributed by atoms with van der Waals surface area (Å²) in [4.78, 5) is 4.20. The van der Waals surface area contributed by atoms with Crippen molar-refractivity contribution in [3.8, 4) is 17.2 Å². The predicted molar refractivity (Wildman–Crippen MR) is 74.0 cm³/mol. The number of hydrogen-bond donors (Lipinski definition) is 3. The van der Waals surface area contributed by atoms with Crippen LogP contribution in [0.1, 0.15) is 11.1 Å². The highest BCUT2D eigenvalue weighted by Crippen LogP contribution is 2.20. The Hall–Kier alpha value is -2.49. The monoisotopic (exact) mass is 257 g/mol. The van der Waals surface area contributed by atoms with E-state index in [4.69, 9.17) is 5.11 Å². The van der Waals surface area contributed by atoms with Crippen molar-refractivity contribution in [1.82, 2.24) is 0 Å². The molecule has 0 aromatic heterocycles. The molecule has 4 nitrogen and oxygen atoms in total. The molecule has 0 atom stereocenters. The third-order valence-electron chi connectivity index (χ3n) is 2.71. The average Bonchev–Trinajstić information content (AvgIpc) is 2.40. The fraction of sp³-hybridized carbons (Fsp3) is 0.133. The van der Waals surface area contributed by atoms with Crippen LogP contribution >= 0.6 is 0 Å². The molecule has 0 saturated carbocycles. The van der Waals surface area contributed by atoms with Gasteiger partial charge in [0.15, 0.2) is 0 Å². The van der Waals surface area contributed by atoms with Crippen LogP contribution in [0.5, 0.6) is 17.2 Å². The molecule has 0 radical (unpaired) electrons. The van der Waals surface area contributed by atoms with Crippen molar-refractivity contribution in [2.75, 3.05) is 6.54 Å². The maximum absolute atomic E-state index is 9.55. The quantitative estimate of drug-likeness (QED) is 0.582. The molecule has 0 fully saturated rings. The van der Waals surface area contributed by atoms with Gasteiger partial charge >= 0.3 is 0 Å². The maximum Gasteiger partial charge on any atom is 0.124 e. The van der Waals surface area contributed by atoms with E-state index < -0.39 is 0 Å². The van der Waals surface area contributed by atoms with E-state index in [0.717, 1.165) is 12.0 Å². The zero-order chi connectivity index (χ0) is 13.7. The molecule has 0 aliphatic heterocycles. The number of benzene rings is 2. The highest BCUT2D eigenvalue weighted by molar-refractivity contribution is 5.83. The van der Waals surface area contributed by atoms with E-state index in [9.17, 15) is 10.2 Å². The van der Waals surface area contributed by atoms with Crippen LogP contribution in [0.15, 0.2) is 47.5 Å². The van der Waals surface area contributed by atoms with Crippen molar-refractivity contribution in [3.63, 3.8) is 0 Å². The van der Waals surface area contributed by atoms with Gasteiger partial charge in [-0.15, -0.1) is 0 Å². The van der Waals surface area contributed by atoms with Gasteiger partial charge in [0.05, 0.1) is 0 Å². The zero-order valence-corrected chi connectivity index (χ0v) is 10.3. The first kappa shape index (κ1) is 13.0. The lowest BCUT2D eigenvalue weighted by Crippen LogP contribution is -1.90. The summed E-state index contributed by atoms with van der Waals surface area (Å²) in [6.45, 7) is 0.569. The molecule has 0 saturated heterocycles. The van der Waals surface area contributed by atoms with Gasteiger partial charge in [-0.25, -0.2) is 0 Å². The summed E-state index contributed by atoms with van der Waals surface area (Å²) in [7, 11) is 0. The third-order valence-corrected chi connectivity index (χ3v) is 2.71. The summed E-state index contributed by atoms with van der Waals surface area (Å²) >= 11 is 0. The van der Waals surface area contributed by atoms with E-state index in [0.29, 0.717) is 12.1 Å². The molecule has 0 bridgehead atoms. The molecule has 0 unspecified atom stereocenters. The van der Waals surface area contributed by atoms with E-state index in [1.165, 1.54) is 24.4 Å². The van der Waals surface area contributed by atoms with Gasteiger partial charge in [0.2, 0.25) is 0 Å². The summed E-state index contributed by atoms with van der Waals surface area (Å²) in [5, 5.41) is 28.0. The second kappa shape index (κ2) is 5.91. The van der Waals surface area contributed by atoms with Crippen molar-refractivity contribution < 1.29 is 15.3 Å². The fourth-order valence-corrected chi connectivity index (χ4v) is 1.66. The molecule has 4 heteroatoms. The highest BCUT2D eigenvalue weighted by atomic mass is 16.3. The van der Waals surface area contributed by atoms with Crippen LogP contribution in [-0.2, 0) is 6.42 Å². The summed E-state index contributed by atoms with van der Waals surface area (Å²) in [5.74, 6) is 0.431. The molecule has 0 aliphatic carbocycles. The predicted octanol–water partition coefficient (Wildman–Crippen LogP) is 2.46. The lowest BCUT2D eigenvalue weighted by atomic mass is 10.1. The maximum atomic E-state index is 9.55. The number of rotatable bonds is 4. The van der Waals surface area contributed by atoms with Crippen molar-refractivity contribution in [2.24, 2.45) is 4.99 Å². The standard InChI is InChI=1S/C15H15NO3/c17-13-3-1-11(2-4-13)7-8-16-10-12-9-14(18)5-6-15(12)19/h1-6,9-10,17-19H,7-8H2. The lowest BCUT2D eigenvalue weighted by molar-refractivity contribution is 0.459. The van der Waals surface area contributed by atoms with E-state index in [1.54, 1.807) is 12.1 Å². The molecule has 0 amide bonds. The van der Waals surface area contributed by atoms with Crippen LogP contribution in [0.4, 0.5) is 0 Å². The Bertz CT molecular complexity index is 576. The van der Waals surface area contributed by atoms with Crippen LogP contribution in [0.3, 0.4) is 0 Å². The normalized spacial score (nSPS) is 10.9. The minimum Gasteiger partial charge on any atom is -0.508 e. The molecule has 3 N–H and O–H groups in total. The van der Waals surface area contributed by atoms with Crippen molar-refractivity contribution in [1.29, 1.82) is 0 Å². The molecular formula is C15H15NO3. The Morgan fingerprint density at radius 2 is 1.58 bits per heavy atom. The molecule has 19 heavy (non-hydrogen) atoms. The van der Waals surface area contributed by atoms with E-state index >= 15 is 0 Å². The Balaban J connectivity index is 1.93. The summed E-state index contributed by atoms with van der Waals surface area (Å²) in [6.07, 6.45) is 2.28. The number of aromatic hydroxyl groups is 3. The largest absolute Gasteiger partial charge is 0.508 e. The Morgan fingerprint density at radius 3 is 2.32 bits per heavy atom. The third kappa shape index (κ3) is 3.74. The number of nitrogens with zero attached hydrogens (tertiary/aromatic N) is 1. The number of hydrogen-bond acceptors (Lipinski definition) is 4. The molecule has 2 aromatic carbocycles. The topological polar surface area (TPSA) is 73.1 Å². The van der Waals surface area contributed by atoms with Crippen molar-refractivity contribution >= 4 is 6.21 Å². The molecule has 0 aliphatic rings. The smallest absolute Gasteiger partial charge is 0.124 e. The molecule has 0 heterocycles. The molecule has 0 spiro atoms. The molecule has 2 rings (SSSR count). The first-order chi connectivity index (χ1) is 9.15. The van der Waals surface area contributed by atoms with Crippen LogP contribution in [0.2, 0.25) is 0 Å². The van der Waals surface area contributed by atoms with Gasteiger partial charge in [0.1, 0.15) is 17.2 Å². The van der Waals surface area contributed by atoms with Gasteiger partial charge in [-0.2, -0.15) is 0 Å². The van der Waals surface area contributed by atoms with Crippen LogP contribution in [-0.4, -0.2) is 28.1 Å².